The molecule has 1 aromatic rings. The van der Waals surface area contributed by atoms with E-state index in [9.17, 15) is 13.2 Å². The Bertz CT molecular complexity index is 741. The van der Waals surface area contributed by atoms with Gasteiger partial charge in [-0.15, -0.1) is 0 Å². The third-order valence-corrected chi connectivity index (χ3v) is 5.38. The first-order chi connectivity index (χ1) is 12.4. The van der Waals surface area contributed by atoms with Gasteiger partial charge in [-0.2, -0.15) is 0 Å². The molecule has 0 bridgehead atoms. The highest BCUT2D eigenvalue weighted by molar-refractivity contribution is 7.90. The molecule has 26 heavy (non-hydrogen) atoms. The van der Waals surface area contributed by atoms with Crippen LogP contribution in [0.1, 0.15) is 39.5 Å². The van der Waals surface area contributed by atoms with Gasteiger partial charge < -0.3 is 5.32 Å². The molecule has 7 nitrogen and oxygen atoms in total. The minimum Gasteiger partial charge on any atom is -0.325 e. The third kappa shape index (κ3) is 6.10. The number of hydrogen-bond donors (Lipinski definition) is 2. The molecule has 0 saturated carbocycles. The fourth-order valence-electron chi connectivity index (χ4n) is 2.88. The van der Waals surface area contributed by atoms with Gasteiger partial charge in [-0.25, -0.2) is 8.42 Å². The van der Waals surface area contributed by atoms with Gasteiger partial charge in [0, 0.05) is 18.7 Å². The standard InChI is InChI=1S/C18H28N4O3S/c1-3-11-22(12-4-2)14-18(23)20-15-7-5-8-16(13-15)26(24,25)21-17-9-6-10-19-17/h5,7-8,13H,3-4,6,9-12,14H2,1-2H3,(H,19,21)(H,20,23). The van der Waals surface area contributed by atoms with E-state index in [0.29, 0.717) is 31.0 Å². The van der Waals surface area contributed by atoms with Crippen molar-refractivity contribution in [1.82, 2.24) is 9.62 Å². The van der Waals surface area contributed by atoms with Gasteiger partial charge in [-0.3, -0.25) is 19.4 Å². The fraction of sp³-hybridized carbons (Fsp3) is 0.556. The van der Waals surface area contributed by atoms with Crippen LogP contribution in [0.2, 0.25) is 0 Å². The van der Waals surface area contributed by atoms with Crippen molar-refractivity contribution >= 4 is 27.5 Å². The van der Waals surface area contributed by atoms with Crippen molar-refractivity contribution < 1.29 is 13.2 Å². The van der Waals surface area contributed by atoms with E-state index in [4.69, 9.17) is 0 Å². The zero-order valence-electron chi connectivity index (χ0n) is 15.5. The van der Waals surface area contributed by atoms with Gasteiger partial charge in [0.15, 0.2) is 0 Å². The molecule has 144 valence electrons. The summed E-state index contributed by atoms with van der Waals surface area (Å²) < 4.78 is 27.4. The summed E-state index contributed by atoms with van der Waals surface area (Å²) in [6, 6.07) is 6.29. The van der Waals surface area contributed by atoms with Crippen LogP contribution in [0.15, 0.2) is 34.2 Å². The molecule has 2 rings (SSSR count). The van der Waals surface area contributed by atoms with Crippen LogP contribution in [-0.4, -0.2) is 51.2 Å². The third-order valence-electron chi connectivity index (χ3n) is 4.00. The maximum absolute atomic E-state index is 12.5. The smallest absolute Gasteiger partial charge is 0.262 e. The molecular formula is C18H28N4O3S. The Morgan fingerprint density at radius 2 is 1.96 bits per heavy atom. The maximum atomic E-state index is 12.5. The molecule has 0 atom stereocenters. The Morgan fingerprint density at radius 3 is 2.58 bits per heavy atom. The minimum atomic E-state index is -3.68. The number of carbonyl (C=O) groups excluding carboxylic acids is 1. The van der Waals surface area contributed by atoms with Crippen molar-refractivity contribution in [3.05, 3.63) is 24.3 Å². The van der Waals surface area contributed by atoms with Gasteiger partial charge in [-0.05, 0) is 50.6 Å². The Hall–Kier alpha value is -1.93. The van der Waals surface area contributed by atoms with Gasteiger partial charge in [0.2, 0.25) is 5.91 Å². The molecule has 8 heteroatoms. The van der Waals surface area contributed by atoms with Gasteiger partial charge in [0.05, 0.1) is 11.4 Å². The predicted molar refractivity (Wildman–Crippen MR) is 104 cm³/mol. The molecule has 1 aliphatic heterocycles. The number of anilines is 1. The maximum Gasteiger partial charge on any atom is 0.262 e. The first-order valence-corrected chi connectivity index (χ1v) is 10.6. The lowest BCUT2D eigenvalue weighted by Gasteiger charge is -2.20. The number of hydrogen-bond acceptors (Lipinski definition) is 5. The summed E-state index contributed by atoms with van der Waals surface area (Å²) in [5.41, 5.74) is 0.471. The number of nitrogens with zero attached hydrogens (tertiary/aromatic N) is 2. The van der Waals surface area contributed by atoms with Crippen LogP contribution in [0.3, 0.4) is 0 Å². The average Bonchev–Trinajstić information content (AvgIpc) is 3.07. The lowest BCUT2D eigenvalue weighted by Crippen LogP contribution is -2.34. The summed E-state index contributed by atoms with van der Waals surface area (Å²) in [4.78, 5) is 18.6. The van der Waals surface area contributed by atoms with Crippen LogP contribution in [-0.2, 0) is 14.8 Å². The van der Waals surface area contributed by atoms with Gasteiger partial charge in [0.1, 0.15) is 5.84 Å². The molecule has 0 spiro atoms. The largest absolute Gasteiger partial charge is 0.325 e. The second kappa shape index (κ2) is 9.68. The monoisotopic (exact) mass is 380 g/mol. The quantitative estimate of drug-likeness (QED) is 0.687. The lowest BCUT2D eigenvalue weighted by atomic mass is 10.3. The van der Waals surface area contributed by atoms with Crippen LogP contribution in [0.5, 0.6) is 0 Å². The van der Waals surface area contributed by atoms with E-state index in [0.717, 1.165) is 32.4 Å². The highest BCUT2D eigenvalue weighted by Crippen LogP contribution is 2.16. The summed E-state index contributed by atoms with van der Waals surface area (Å²) in [7, 11) is -3.68. The Kier molecular flexibility index (Phi) is 7.59. The molecule has 1 heterocycles. The Morgan fingerprint density at radius 1 is 1.23 bits per heavy atom. The van der Waals surface area contributed by atoms with E-state index in [-0.39, 0.29) is 10.8 Å². The number of amidine groups is 1. The van der Waals surface area contributed by atoms with E-state index in [1.165, 1.54) is 12.1 Å². The number of nitrogens with one attached hydrogen (secondary N) is 2. The van der Waals surface area contributed by atoms with Crippen LogP contribution in [0.25, 0.3) is 0 Å². The van der Waals surface area contributed by atoms with Crippen LogP contribution < -0.4 is 10.0 Å². The molecular weight excluding hydrogens is 352 g/mol. The molecule has 0 unspecified atom stereocenters. The molecule has 0 aromatic heterocycles. The molecule has 0 fully saturated rings. The number of amides is 1. The van der Waals surface area contributed by atoms with E-state index < -0.39 is 10.0 Å². The zero-order valence-corrected chi connectivity index (χ0v) is 16.3. The molecule has 1 amide bonds. The summed E-state index contributed by atoms with van der Waals surface area (Å²) in [5.74, 6) is 0.351. The summed E-state index contributed by atoms with van der Waals surface area (Å²) in [6.45, 7) is 6.84. The highest BCUT2D eigenvalue weighted by atomic mass is 32.2. The van der Waals surface area contributed by atoms with E-state index in [1.54, 1.807) is 12.1 Å². The number of rotatable bonds is 9. The topological polar surface area (TPSA) is 90.9 Å². The van der Waals surface area contributed by atoms with Gasteiger partial charge in [-0.1, -0.05) is 19.9 Å². The van der Waals surface area contributed by atoms with Crippen molar-refractivity contribution in [3.63, 3.8) is 0 Å². The van der Waals surface area contributed by atoms with Crippen molar-refractivity contribution in [1.29, 1.82) is 0 Å². The van der Waals surface area contributed by atoms with Crippen LogP contribution in [0.4, 0.5) is 5.69 Å². The summed E-state index contributed by atoms with van der Waals surface area (Å²) in [5, 5.41) is 2.79. The predicted octanol–water partition coefficient (Wildman–Crippen LogP) is 2.22. The molecule has 0 saturated heterocycles. The molecule has 1 aromatic carbocycles. The second-order valence-electron chi connectivity index (χ2n) is 6.39. The second-order valence-corrected chi connectivity index (χ2v) is 8.07. The van der Waals surface area contributed by atoms with Gasteiger partial charge >= 0.3 is 0 Å². The normalized spacial score (nSPS) is 14.3. The van der Waals surface area contributed by atoms with Gasteiger partial charge in [0.25, 0.3) is 10.0 Å². The van der Waals surface area contributed by atoms with E-state index in [2.05, 4.69) is 33.8 Å². The molecule has 0 radical (unpaired) electrons. The van der Waals surface area contributed by atoms with Crippen molar-refractivity contribution in [2.45, 2.75) is 44.4 Å². The zero-order chi connectivity index (χ0) is 19.0. The van der Waals surface area contributed by atoms with Crippen molar-refractivity contribution in [2.24, 2.45) is 4.99 Å². The molecule has 0 aliphatic carbocycles. The molecule has 1 aliphatic rings. The Labute approximate surface area is 155 Å². The number of sulfonamides is 1. The summed E-state index contributed by atoms with van der Waals surface area (Å²) >= 11 is 0. The summed E-state index contributed by atoms with van der Waals surface area (Å²) in [6.07, 6.45) is 3.47. The number of aliphatic imine (C=N–C) groups is 1. The number of benzene rings is 1. The Balaban J connectivity index is 2.02. The fourth-order valence-corrected chi connectivity index (χ4v) is 4.02. The first-order valence-electron chi connectivity index (χ1n) is 9.13. The molecule has 2 N–H and O–H groups in total. The number of carbonyl (C=O) groups is 1. The van der Waals surface area contributed by atoms with Crippen molar-refractivity contribution in [3.8, 4) is 0 Å². The average molecular weight is 381 g/mol. The van der Waals surface area contributed by atoms with E-state index >= 15 is 0 Å². The van der Waals surface area contributed by atoms with Crippen molar-refractivity contribution in [2.75, 3.05) is 31.5 Å². The minimum absolute atomic E-state index is 0.115. The lowest BCUT2D eigenvalue weighted by molar-refractivity contribution is -0.117. The SMILES string of the molecule is CCCN(CCC)CC(=O)Nc1cccc(S(=O)(=O)NC2=NCCC2)c1. The first kappa shape index (κ1) is 20.4. The van der Waals surface area contributed by atoms with E-state index in [1.807, 2.05) is 0 Å². The highest BCUT2D eigenvalue weighted by Gasteiger charge is 2.19. The van der Waals surface area contributed by atoms with Crippen LogP contribution >= 0.6 is 0 Å². The van der Waals surface area contributed by atoms with Crippen LogP contribution in [0, 0.1) is 0 Å².